The van der Waals surface area contributed by atoms with Gasteiger partial charge >= 0.3 is 0 Å². The summed E-state index contributed by atoms with van der Waals surface area (Å²) < 4.78 is 29.4. The van der Waals surface area contributed by atoms with E-state index in [4.69, 9.17) is 18.9 Å². The van der Waals surface area contributed by atoms with Gasteiger partial charge in [-0.3, -0.25) is 0 Å². The number of ether oxygens (including phenoxy) is 4. The van der Waals surface area contributed by atoms with E-state index in [-0.39, 0.29) is 26.9 Å². The van der Waals surface area contributed by atoms with Gasteiger partial charge in [-0.1, -0.05) is 249 Å². The van der Waals surface area contributed by atoms with Crippen LogP contribution in [0.2, 0.25) is 0 Å². The molecule has 0 bridgehead atoms. The van der Waals surface area contributed by atoms with Gasteiger partial charge in [-0.2, -0.15) is 0 Å². The Hall–Kier alpha value is -15.4. The molecule has 0 amide bonds. The molecule has 0 fully saturated rings. The minimum absolute atomic E-state index is 0.0869. The fourth-order valence-corrected chi connectivity index (χ4v) is 23.4. The summed E-state index contributed by atoms with van der Waals surface area (Å²) in [7, 11) is 0. The molecular formula is C124H100B4N4O4. The lowest BCUT2D eigenvalue weighted by molar-refractivity contribution is 0.465. The molecule has 0 aliphatic carbocycles. The number of aryl methyl sites for hydroxylation is 16. The van der Waals surface area contributed by atoms with E-state index in [1.807, 2.05) is 0 Å². The van der Waals surface area contributed by atoms with E-state index < -0.39 is 0 Å². The molecule has 8 aliphatic rings. The SMILES string of the molecule is Cc1ccc(N2c3ccc(C)cc3B3c4cc5c(cc4Oc4cc(-c6cc(C)ccc6C)cc2c43)Oc2cc(-c3cc(C)ccc3C)cc3c2B5c2cc(C)ccc2N3c2ccc(C)cc2)cc1.Cc1ccc(N2c3ccc(C)cc3B3c4cc5c(cc4Oc4cc(-c6ccc(C)cc6C)cc2c43)Oc2cc(-c3ccc(C)cc3C)cc3c2B5c2cc(C)ccc2N3c2ccc(C)cc2)cc1. The highest BCUT2D eigenvalue weighted by molar-refractivity contribution is 7.03. The predicted octanol–water partition coefficient (Wildman–Crippen LogP) is 24.6. The molecule has 136 heavy (non-hydrogen) atoms. The molecule has 26 rings (SSSR count). The highest BCUT2D eigenvalue weighted by atomic mass is 16.5. The monoisotopic (exact) mass is 1750 g/mol. The number of rotatable bonds is 8. The highest BCUT2D eigenvalue weighted by Crippen LogP contribution is 2.52. The van der Waals surface area contributed by atoms with Crippen LogP contribution in [0.5, 0.6) is 46.0 Å². The maximum Gasteiger partial charge on any atom is 0.256 e. The Morgan fingerprint density at radius 1 is 0.154 bits per heavy atom. The summed E-state index contributed by atoms with van der Waals surface area (Å²) in [6.07, 6.45) is 0. The number of anilines is 12. The van der Waals surface area contributed by atoms with Crippen LogP contribution >= 0.6 is 0 Å². The van der Waals surface area contributed by atoms with Crippen molar-refractivity contribution in [3.05, 3.63) is 404 Å². The first-order valence-electron chi connectivity index (χ1n) is 47.9. The number of benzene rings is 18. The third-order valence-corrected chi connectivity index (χ3v) is 29.9. The third kappa shape index (κ3) is 13.2. The van der Waals surface area contributed by atoms with E-state index in [1.54, 1.807) is 0 Å². The molecule has 8 nitrogen and oxygen atoms in total. The molecule has 0 saturated heterocycles. The topological polar surface area (TPSA) is 49.9 Å². The van der Waals surface area contributed by atoms with Crippen molar-refractivity contribution in [2.75, 3.05) is 19.6 Å². The molecule has 652 valence electrons. The lowest BCUT2D eigenvalue weighted by Gasteiger charge is -2.42. The number of hydrogen-bond donors (Lipinski definition) is 0. The van der Waals surface area contributed by atoms with E-state index in [0.29, 0.717) is 0 Å². The minimum Gasteiger partial charge on any atom is -0.458 e. The van der Waals surface area contributed by atoms with Crippen molar-refractivity contribution in [3.63, 3.8) is 0 Å². The summed E-state index contributed by atoms with van der Waals surface area (Å²) >= 11 is 0. The molecule has 0 N–H and O–H groups in total. The molecule has 18 aromatic carbocycles. The third-order valence-electron chi connectivity index (χ3n) is 29.9. The summed E-state index contributed by atoms with van der Waals surface area (Å²) in [5.41, 5.74) is 57.3. The van der Waals surface area contributed by atoms with Crippen molar-refractivity contribution < 1.29 is 18.9 Å². The predicted molar refractivity (Wildman–Crippen MR) is 574 cm³/mol. The lowest BCUT2D eigenvalue weighted by atomic mass is 9.31. The summed E-state index contributed by atoms with van der Waals surface area (Å²) in [5, 5.41) is 0. The lowest BCUT2D eigenvalue weighted by Crippen LogP contribution is -2.63. The van der Waals surface area contributed by atoms with E-state index in [2.05, 4.69) is 446 Å². The zero-order valence-electron chi connectivity index (χ0n) is 79.8. The van der Waals surface area contributed by atoms with Gasteiger partial charge in [0.2, 0.25) is 0 Å². The molecule has 0 aromatic heterocycles. The van der Waals surface area contributed by atoms with Gasteiger partial charge < -0.3 is 38.5 Å². The first-order valence-corrected chi connectivity index (χ1v) is 47.9. The Morgan fingerprint density at radius 3 is 0.632 bits per heavy atom. The number of hydrogen-bond acceptors (Lipinski definition) is 8. The fraction of sp³-hybridized carbons (Fsp3) is 0.129. The normalized spacial score (nSPS) is 13.4. The Kier molecular flexibility index (Phi) is 18.9. The molecule has 0 atom stereocenters. The quantitative estimate of drug-likeness (QED) is 0.140. The highest BCUT2D eigenvalue weighted by Gasteiger charge is 2.51. The number of fused-ring (bicyclic) bond motifs is 16. The van der Waals surface area contributed by atoms with Crippen molar-refractivity contribution >= 4 is 161 Å². The maximum atomic E-state index is 7.35. The Bertz CT molecular complexity index is 7750. The van der Waals surface area contributed by atoms with Crippen LogP contribution in [0.4, 0.5) is 68.2 Å². The van der Waals surface area contributed by atoms with Crippen molar-refractivity contribution in [2.45, 2.75) is 111 Å². The molecule has 8 heterocycles. The van der Waals surface area contributed by atoms with Crippen LogP contribution in [0.1, 0.15) is 89.0 Å². The van der Waals surface area contributed by atoms with Crippen LogP contribution < -0.4 is 104 Å². The van der Waals surface area contributed by atoms with E-state index in [9.17, 15) is 0 Å². The molecule has 8 aliphatic heterocycles. The van der Waals surface area contributed by atoms with Crippen molar-refractivity contribution in [3.8, 4) is 90.5 Å². The Labute approximate surface area is 799 Å². The summed E-state index contributed by atoms with van der Waals surface area (Å²) in [6.45, 7) is 34.6. The standard InChI is InChI=1S/2C62H50B2N2O2/c1-35-11-19-45(20-12-35)65-53-23-15-39(5)27-49(53)63-51-33-52-58(34-57(51)67-59-31-43(29-55(65)61(59)63)47-25-37(3)9-17-41(47)7)68-60-32-44(48-26-38(4)10-18-42(48)8)30-56-62(60)64(52)50-28-40(6)16-24-54(50)66(56)46-21-13-36(2)14-22-46;1-35-9-17-45(18-10-35)65-53-23-15-39(5)27-49(53)63-51-33-52-58(34-57(51)67-59-31-43(29-55(65)61(59)63)47-21-13-37(3)25-41(47)7)68-60-32-44(48-22-14-38(4)26-42(48)8)30-56-62(60)64(52)50-28-40(6)16-24-54(50)66(56)46-19-11-36(2)12-20-46/h2*9-34H,1-8H3. The number of nitrogens with zero attached hydrogens (tertiary/aromatic N) is 4. The van der Waals surface area contributed by atoms with Crippen LogP contribution in [0.15, 0.2) is 315 Å². The zero-order chi connectivity index (χ0) is 92.5. The van der Waals surface area contributed by atoms with Gasteiger partial charge in [-0.15, -0.1) is 0 Å². The zero-order valence-corrected chi connectivity index (χ0v) is 79.8. The van der Waals surface area contributed by atoms with Gasteiger partial charge in [-0.05, 0) is 364 Å². The second-order valence-corrected chi connectivity index (χ2v) is 39.8. The first kappa shape index (κ1) is 82.5. The second-order valence-electron chi connectivity index (χ2n) is 39.8. The van der Waals surface area contributed by atoms with Crippen molar-refractivity contribution in [2.24, 2.45) is 0 Å². The molecule has 0 saturated carbocycles. The first-order chi connectivity index (χ1) is 65.9. The van der Waals surface area contributed by atoms with Gasteiger partial charge in [0.25, 0.3) is 26.9 Å². The largest absolute Gasteiger partial charge is 0.458 e. The smallest absolute Gasteiger partial charge is 0.256 e. The summed E-state index contributed by atoms with van der Waals surface area (Å²) in [5.74, 6) is 6.83. The van der Waals surface area contributed by atoms with E-state index in [1.165, 1.54) is 178 Å². The van der Waals surface area contributed by atoms with Gasteiger partial charge in [0.15, 0.2) is 0 Å². The summed E-state index contributed by atoms with van der Waals surface area (Å²) in [6, 6.07) is 119. The van der Waals surface area contributed by atoms with E-state index in [0.717, 1.165) is 136 Å². The van der Waals surface area contributed by atoms with Crippen LogP contribution in [-0.2, 0) is 0 Å². The average molecular weight is 1750 g/mol. The van der Waals surface area contributed by atoms with Crippen molar-refractivity contribution in [1.29, 1.82) is 0 Å². The second kappa shape index (κ2) is 31.1. The van der Waals surface area contributed by atoms with Crippen LogP contribution in [0.3, 0.4) is 0 Å². The maximum absolute atomic E-state index is 7.35. The molecule has 0 radical (unpaired) electrons. The van der Waals surface area contributed by atoms with Crippen LogP contribution in [0, 0.1) is 111 Å². The molecule has 0 spiro atoms. The fourth-order valence-electron chi connectivity index (χ4n) is 23.4. The van der Waals surface area contributed by atoms with E-state index >= 15 is 0 Å². The minimum atomic E-state index is -0.0875. The van der Waals surface area contributed by atoms with Gasteiger partial charge in [0, 0.05) is 80.4 Å². The Balaban J connectivity index is 0.000000145. The average Bonchev–Trinajstić information content (AvgIpc) is 0.694. The van der Waals surface area contributed by atoms with Crippen molar-refractivity contribution in [1.82, 2.24) is 0 Å². The Morgan fingerprint density at radius 2 is 0.375 bits per heavy atom. The van der Waals surface area contributed by atoms with Gasteiger partial charge in [0.05, 0.1) is 0 Å². The molecule has 12 heteroatoms. The molecule has 18 aromatic rings. The van der Waals surface area contributed by atoms with Crippen LogP contribution in [-0.4, -0.2) is 26.9 Å². The molecule has 0 unspecified atom stereocenters. The van der Waals surface area contributed by atoms with Gasteiger partial charge in [0.1, 0.15) is 46.0 Å². The summed E-state index contributed by atoms with van der Waals surface area (Å²) in [4.78, 5) is 9.85. The molecular weight excluding hydrogens is 1650 g/mol. The van der Waals surface area contributed by atoms with Crippen LogP contribution in [0.25, 0.3) is 44.5 Å². The van der Waals surface area contributed by atoms with Gasteiger partial charge in [-0.25, -0.2) is 0 Å².